The van der Waals surface area contributed by atoms with Crippen molar-refractivity contribution in [2.24, 2.45) is 0 Å². The van der Waals surface area contributed by atoms with E-state index in [0.29, 0.717) is 24.5 Å². The van der Waals surface area contributed by atoms with E-state index in [-0.39, 0.29) is 18.5 Å². The molecule has 0 saturated heterocycles. The highest BCUT2D eigenvalue weighted by molar-refractivity contribution is 5.77. The van der Waals surface area contributed by atoms with Gasteiger partial charge in [0.15, 0.2) is 0 Å². The smallest absolute Gasteiger partial charge is 0.141 e. The number of nitrogens with zero attached hydrogens (tertiary/aromatic N) is 1. The summed E-state index contributed by atoms with van der Waals surface area (Å²) in [7, 11) is 0. The fourth-order valence-electron chi connectivity index (χ4n) is 3.40. The van der Waals surface area contributed by atoms with Gasteiger partial charge in [-0.3, -0.25) is 0 Å². The number of hydrogen-bond acceptors (Lipinski definition) is 4. The fraction of sp³-hybridized carbons (Fsp3) is 0.240. The maximum Gasteiger partial charge on any atom is 0.141 e. The summed E-state index contributed by atoms with van der Waals surface area (Å²) < 4.78 is 31.1. The summed E-state index contributed by atoms with van der Waals surface area (Å²) in [5.41, 5.74) is 3.22. The molecule has 4 aromatic rings. The van der Waals surface area contributed by atoms with Gasteiger partial charge >= 0.3 is 0 Å². The number of benzene rings is 3. The van der Waals surface area contributed by atoms with E-state index in [4.69, 9.17) is 19.2 Å². The van der Waals surface area contributed by atoms with Crippen molar-refractivity contribution >= 4 is 11.0 Å². The molecule has 6 heteroatoms. The van der Waals surface area contributed by atoms with Crippen molar-refractivity contribution in [2.45, 2.75) is 26.6 Å². The van der Waals surface area contributed by atoms with Crippen LogP contribution in [0.2, 0.25) is 0 Å². The fourth-order valence-corrected chi connectivity index (χ4v) is 3.40. The molecule has 0 amide bonds. The van der Waals surface area contributed by atoms with Crippen LogP contribution < -0.4 is 9.47 Å². The molecule has 0 bridgehead atoms. The van der Waals surface area contributed by atoms with Crippen LogP contribution in [0.5, 0.6) is 11.5 Å². The van der Waals surface area contributed by atoms with E-state index in [1.54, 1.807) is 18.2 Å². The maximum atomic E-state index is 13.8. The van der Waals surface area contributed by atoms with E-state index in [0.717, 1.165) is 28.2 Å². The molecule has 0 radical (unpaired) electrons. The van der Waals surface area contributed by atoms with Gasteiger partial charge in [0.05, 0.1) is 17.6 Å². The van der Waals surface area contributed by atoms with Crippen LogP contribution in [0.4, 0.5) is 4.39 Å². The molecule has 0 aliphatic heterocycles. The van der Waals surface area contributed by atoms with E-state index in [2.05, 4.69) is 4.98 Å². The molecule has 0 fully saturated rings. The SMILES string of the molecule is CCOc1ccc2[nH]c(C(OCC)c3ccc(OCc4ccccc4F)cc3)nc2c1. The average molecular weight is 420 g/mol. The lowest BCUT2D eigenvalue weighted by Gasteiger charge is -2.16. The first kappa shape index (κ1) is 20.9. The second-order valence-corrected chi connectivity index (χ2v) is 7.02. The van der Waals surface area contributed by atoms with Crippen molar-refractivity contribution in [2.75, 3.05) is 13.2 Å². The van der Waals surface area contributed by atoms with Crippen LogP contribution in [0.15, 0.2) is 66.7 Å². The Kier molecular flexibility index (Phi) is 6.48. The molecule has 1 heterocycles. The van der Waals surface area contributed by atoms with E-state index in [1.807, 2.05) is 56.3 Å². The third-order valence-corrected chi connectivity index (χ3v) is 4.90. The van der Waals surface area contributed by atoms with Gasteiger partial charge < -0.3 is 19.2 Å². The first-order valence-corrected chi connectivity index (χ1v) is 10.4. The lowest BCUT2D eigenvalue weighted by atomic mass is 10.1. The van der Waals surface area contributed by atoms with E-state index in [1.165, 1.54) is 6.07 Å². The summed E-state index contributed by atoms with van der Waals surface area (Å²) in [4.78, 5) is 8.08. The van der Waals surface area contributed by atoms with Crippen molar-refractivity contribution in [3.63, 3.8) is 0 Å². The highest BCUT2D eigenvalue weighted by Gasteiger charge is 2.19. The molecule has 31 heavy (non-hydrogen) atoms. The molecule has 1 unspecified atom stereocenters. The van der Waals surface area contributed by atoms with Gasteiger partial charge in [-0.1, -0.05) is 30.3 Å². The van der Waals surface area contributed by atoms with E-state index >= 15 is 0 Å². The zero-order valence-electron chi connectivity index (χ0n) is 17.6. The summed E-state index contributed by atoms with van der Waals surface area (Å²) in [5.74, 6) is 1.91. The minimum Gasteiger partial charge on any atom is -0.494 e. The molecule has 5 nitrogen and oxygen atoms in total. The number of fused-ring (bicyclic) bond motifs is 1. The second kappa shape index (κ2) is 9.62. The number of hydrogen-bond donors (Lipinski definition) is 1. The Morgan fingerprint density at radius 3 is 2.42 bits per heavy atom. The highest BCUT2D eigenvalue weighted by Crippen LogP contribution is 2.29. The van der Waals surface area contributed by atoms with Crippen molar-refractivity contribution in [1.29, 1.82) is 0 Å². The molecule has 4 rings (SSSR count). The van der Waals surface area contributed by atoms with Crippen LogP contribution in [-0.4, -0.2) is 23.2 Å². The summed E-state index contributed by atoms with van der Waals surface area (Å²) in [6, 6.07) is 20.0. The summed E-state index contributed by atoms with van der Waals surface area (Å²) in [5, 5.41) is 0. The largest absolute Gasteiger partial charge is 0.494 e. The molecule has 1 atom stereocenters. The first-order valence-electron chi connectivity index (χ1n) is 10.4. The molecular formula is C25H25FN2O3. The van der Waals surface area contributed by atoms with Gasteiger partial charge in [-0.15, -0.1) is 0 Å². The molecule has 3 aromatic carbocycles. The van der Waals surface area contributed by atoms with Crippen LogP contribution in [0, 0.1) is 5.82 Å². The summed E-state index contributed by atoms with van der Waals surface area (Å²) in [6.45, 7) is 5.23. The van der Waals surface area contributed by atoms with Gasteiger partial charge in [-0.05, 0) is 49.7 Å². The number of nitrogens with one attached hydrogen (secondary N) is 1. The summed E-state index contributed by atoms with van der Waals surface area (Å²) in [6.07, 6.45) is -0.339. The standard InChI is InChI=1S/C25H25FN2O3/c1-3-29-20-13-14-22-23(15-20)28-25(27-22)24(30-4-2)17-9-11-19(12-10-17)31-16-18-7-5-6-8-21(18)26/h5-15,24H,3-4,16H2,1-2H3,(H,27,28). The topological polar surface area (TPSA) is 56.4 Å². The number of H-pyrrole nitrogens is 1. The quantitative estimate of drug-likeness (QED) is 0.371. The number of imidazole rings is 1. The Bertz CT molecular complexity index is 1140. The molecule has 0 saturated carbocycles. The van der Waals surface area contributed by atoms with Crippen LogP contribution in [0.1, 0.15) is 36.9 Å². The van der Waals surface area contributed by atoms with E-state index in [9.17, 15) is 4.39 Å². The van der Waals surface area contributed by atoms with Crippen LogP contribution in [0.25, 0.3) is 11.0 Å². The Morgan fingerprint density at radius 2 is 1.68 bits per heavy atom. The first-order chi connectivity index (χ1) is 15.2. The predicted octanol–water partition coefficient (Wildman–Crippen LogP) is 5.81. The minimum atomic E-state index is -0.339. The van der Waals surface area contributed by atoms with Crippen molar-refractivity contribution in [3.8, 4) is 11.5 Å². The van der Waals surface area contributed by atoms with Gasteiger partial charge in [-0.25, -0.2) is 9.37 Å². The Hall–Kier alpha value is -3.38. The van der Waals surface area contributed by atoms with Crippen LogP contribution in [-0.2, 0) is 11.3 Å². The zero-order valence-corrected chi connectivity index (χ0v) is 17.6. The number of halogens is 1. The number of ether oxygens (including phenoxy) is 3. The molecule has 0 aliphatic carbocycles. The molecular weight excluding hydrogens is 395 g/mol. The average Bonchev–Trinajstić information content (AvgIpc) is 3.21. The lowest BCUT2D eigenvalue weighted by Crippen LogP contribution is -2.08. The lowest BCUT2D eigenvalue weighted by molar-refractivity contribution is 0.0859. The Morgan fingerprint density at radius 1 is 0.903 bits per heavy atom. The predicted molar refractivity (Wildman–Crippen MR) is 118 cm³/mol. The maximum absolute atomic E-state index is 13.8. The molecule has 1 aromatic heterocycles. The normalized spacial score (nSPS) is 12.1. The van der Waals surface area contributed by atoms with Crippen LogP contribution in [0.3, 0.4) is 0 Å². The van der Waals surface area contributed by atoms with E-state index < -0.39 is 0 Å². The summed E-state index contributed by atoms with van der Waals surface area (Å²) >= 11 is 0. The molecule has 160 valence electrons. The van der Waals surface area contributed by atoms with Gasteiger partial charge in [0.1, 0.15) is 35.9 Å². The van der Waals surface area contributed by atoms with Gasteiger partial charge in [0.2, 0.25) is 0 Å². The van der Waals surface area contributed by atoms with Gasteiger partial charge in [0, 0.05) is 18.2 Å². The zero-order chi connectivity index (χ0) is 21.6. The monoisotopic (exact) mass is 420 g/mol. The van der Waals surface area contributed by atoms with Crippen molar-refractivity contribution < 1.29 is 18.6 Å². The second-order valence-electron chi connectivity index (χ2n) is 7.02. The number of rotatable bonds is 9. The molecule has 0 spiro atoms. The number of aromatic amines is 1. The third kappa shape index (κ3) is 4.86. The molecule has 0 aliphatic rings. The van der Waals surface area contributed by atoms with Crippen molar-refractivity contribution in [3.05, 3.63) is 89.5 Å². The van der Waals surface area contributed by atoms with Crippen molar-refractivity contribution in [1.82, 2.24) is 9.97 Å². The Labute approximate surface area is 180 Å². The Balaban J connectivity index is 1.52. The van der Waals surface area contributed by atoms with Gasteiger partial charge in [-0.2, -0.15) is 0 Å². The molecule has 1 N–H and O–H groups in total. The third-order valence-electron chi connectivity index (χ3n) is 4.90. The number of aromatic nitrogens is 2. The van der Waals surface area contributed by atoms with Crippen LogP contribution >= 0.6 is 0 Å². The minimum absolute atomic E-state index is 0.173. The van der Waals surface area contributed by atoms with Gasteiger partial charge in [0.25, 0.3) is 0 Å². The highest BCUT2D eigenvalue weighted by atomic mass is 19.1.